The maximum atomic E-state index is 12.6. The largest absolute Gasteiger partial charge is 0.490 e. The van der Waals surface area contributed by atoms with E-state index in [1.54, 1.807) is 36.7 Å². The van der Waals surface area contributed by atoms with Crippen molar-refractivity contribution in [2.45, 2.75) is 38.3 Å². The van der Waals surface area contributed by atoms with Crippen molar-refractivity contribution in [2.24, 2.45) is 17.8 Å². The molecule has 0 bridgehead atoms. The number of hydrogen-bond acceptors (Lipinski definition) is 4. The fourth-order valence-corrected chi connectivity index (χ4v) is 5.23. The molecule has 154 valence electrons. The monoisotopic (exact) mass is 421 g/mol. The van der Waals surface area contributed by atoms with Crippen LogP contribution in [0.2, 0.25) is 5.02 Å². The van der Waals surface area contributed by atoms with Crippen LogP contribution in [0.5, 0.6) is 5.75 Å². The highest BCUT2D eigenvalue weighted by Gasteiger charge is 2.59. The van der Waals surface area contributed by atoms with Crippen molar-refractivity contribution in [1.82, 2.24) is 15.3 Å². The maximum absolute atomic E-state index is 12.6. The number of carbonyl (C=O) groups is 1. The Morgan fingerprint density at radius 2 is 1.93 bits per heavy atom. The Bertz CT molecular complexity index is 1050. The van der Waals surface area contributed by atoms with E-state index in [0.29, 0.717) is 28.3 Å². The molecule has 30 heavy (non-hydrogen) atoms. The van der Waals surface area contributed by atoms with Crippen LogP contribution in [0.15, 0.2) is 55.0 Å². The first kappa shape index (κ1) is 19.3. The first-order valence-electron chi connectivity index (χ1n) is 10.6. The number of halogens is 1. The molecule has 1 N–H and O–H groups in total. The molecule has 3 unspecified atom stereocenters. The number of amides is 1. The van der Waals surface area contributed by atoms with Gasteiger partial charge >= 0.3 is 0 Å². The van der Waals surface area contributed by atoms with Crippen molar-refractivity contribution < 1.29 is 9.53 Å². The smallest absolute Gasteiger partial charge is 0.251 e. The third kappa shape index (κ3) is 3.63. The number of carbonyl (C=O) groups excluding carboxylic acids is 1. The molecule has 0 saturated heterocycles. The van der Waals surface area contributed by atoms with Crippen molar-refractivity contribution >= 4 is 28.4 Å². The van der Waals surface area contributed by atoms with Gasteiger partial charge in [-0.25, -0.2) is 0 Å². The number of aromatic nitrogens is 2. The number of benzene rings is 1. The third-order valence-electron chi connectivity index (χ3n) is 6.59. The summed E-state index contributed by atoms with van der Waals surface area (Å²) in [5.41, 5.74) is 1.56. The zero-order valence-corrected chi connectivity index (χ0v) is 17.5. The van der Waals surface area contributed by atoms with Crippen LogP contribution >= 0.6 is 11.6 Å². The summed E-state index contributed by atoms with van der Waals surface area (Å²) in [6, 6.07) is 11.1. The lowest BCUT2D eigenvalue weighted by Crippen LogP contribution is -2.37. The summed E-state index contributed by atoms with van der Waals surface area (Å²) in [6.07, 6.45) is 8.57. The molecule has 6 heteroatoms. The summed E-state index contributed by atoms with van der Waals surface area (Å²) < 4.78 is 6.33. The van der Waals surface area contributed by atoms with Crippen LogP contribution in [0.25, 0.3) is 10.9 Å². The molecule has 2 aliphatic rings. The molecule has 5 atom stereocenters. The Morgan fingerprint density at radius 1 is 1.17 bits per heavy atom. The minimum absolute atomic E-state index is 0.0213. The normalized spacial score (nSPS) is 25.5. The van der Waals surface area contributed by atoms with Gasteiger partial charge in [-0.2, -0.15) is 0 Å². The Balaban J connectivity index is 1.20. The molecule has 2 fully saturated rings. The molecule has 2 aromatic heterocycles. The lowest BCUT2D eigenvalue weighted by atomic mass is 10.00. The zero-order chi connectivity index (χ0) is 20.7. The van der Waals surface area contributed by atoms with Crippen LogP contribution in [-0.2, 0) is 0 Å². The zero-order valence-electron chi connectivity index (χ0n) is 16.8. The second kappa shape index (κ2) is 7.88. The summed E-state index contributed by atoms with van der Waals surface area (Å²) in [5, 5.41) is 4.84. The molecule has 1 amide bonds. The summed E-state index contributed by atoms with van der Waals surface area (Å²) in [4.78, 5) is 21.2. The van der Waals surface area contributed by atoms with E-state index in [-0.39, 0.29) is 18.1 Å². The van der Waals surface area contributed by atoms with E-state index < -0.39 is 0 Å². The van der Waals surface area contributed by atoms with Gasteiger partial charge < -0.3 is 10.1 Å². The van der Waals surface area contributed by atoms with Gasteiger partial charge in [0.2, 0.25) is 0 Å². The molecular formula is C24H24ClN3O2. The van der Waals surface area contributed by atoms with E-state index in [1.165, 1.54) is 0 Å². The van der Waals surface area contributed by atoms with Crippen molar-refractivity contribution in [3.05, 3.63) is 65.6 Å². The number of ether oxygens (including phenoxy) is 1. The summed E-state index contributed by atoms with van der Waals surface area (Å²) in [6.45, 7) is 2.14. The van der Waals surface area contributed by atoms with E-state index in [2.05, 4.69) is 22.2 Å². The van der Waals surface area contributed by atoms with Gasteiger partial charge in [-0.15, -0.1) is 0 Å². The molecule has 2 aliphatic carbocycles. The van der Waals surface area contributed by atoms with E-state index in [4.69, 9.17) is 16.3 Å². The van der Waals surface area contributed by atoms with Crippen LogP contribution in [0, 0.1) is 17.8 Å². The average Bonchev–Trinajstić information content (AvgIpc) is 3.26. The molecule has 5 nitrogen and oxygen atoms in total. The minimum atomic E-state index is -0.0213. The molecular weight excluding hydrogens is 398 g/mol. The Hall–Kier alpha value is -2.66. The SMILES string of the molecule is CCC(NC(=O)c1ccc(Cl)cc1)C1[C@H]2CC(Oc3ccnc4ccncc34)C[C@@H]12. The van der Waals surface area contributed by atoms with Gasteiger partial charge in [-0.1, -0.05) is 18.5 Å². The Kier molecular flexibility index (Phi) is 5.07. The molecule has 3 aromatic rings. The number of hydrogen-bond donors (Lipinski definition) is 1. The topological polar surface area (TPSA) is 64.1 Å². The van der Waals surface area contributed by atoms with Gasteiger partial charge in [0.05, 0.1) is 17.0 Å². The minimum Gasteiger partial charge on any atom is -0.490 e. The van der Waals surface area contributed by atoms with Crippen LogP contribution in [0.3, 0.4) is 0 Å². The lowest BCUT2D eigenvalue weighted by molar-refractivity contribution is 0.0924. The van der Waals surface area contributed by atoms with Crippen molar-refractivity contribution in [3.8, 4) is 5.75 Å². The maximum Gasteiger partial charge on any atom is 0.251 e. The predicted octanol–water partition coefficient (Wildman–Crippen LogP) is 4.90. The van der Waals surface area contributed by atoms with Crippen LogP contribution in [-0.4, -0.2) is 28.0 Å². The highest BCUT2D eigenvalue weighted by molar-refractivity contribution is 6.30. The number of nitrogens with one attached hydrogen (secondary N) is 1. The van der Waals surface area contributed by atoms with Crippen molar-refractivity contribution in [2.75, 3.05) is 0 Å². The van der Waals surface area contributed by atoms with Gasteiger partial charge in [0.25, 0.3) is 5.91 Å². The second-order valence-electron chi connectivity index (χ2n) is 8.31. The van der Waals surface area contributed by atoms with E-state index >= 15 is 0 Å². The van der Waals surface area contributed by atoms with E-state index in [0.717, 1.165) is 35.9 Å². The van der Waals surface area contributed by atoms with Gasteiger partial charge in [0, 0.05) is 35.2 Å². The van der Waals surface area contributed by atoms with E-state index in [9.17, 15) is 4.79 Å². The van der Waals surface area contributed by atoms with E-state index in [1.807, 2.05) is 18.3 Å². The molecule has 0 aliphatic heterocycles. The van der Waals surface area contributed by atoms with Crippen LogP contribution in [0.1, 0.15) is 36.5 Å². The molecule has 2 heterocycles. The molecule has 0 radical (unpaired) electrons. The Labute approximate surface area is 180 Å². The standard InChI is InChI=1S/C24H24ClN3O2/c1-2-20(28-24(29)14-3-5-15(25)6-4-14)23-17-11-16(12-18(17)23)30-22-8-10-27-21-7-9-26-13-19(21)22/h3-10,13,16-18,20,23H,2,11-12H2,1H3,(H,28,29)/t16?,17-,18+,20?,23?. The van der Waals surface area contributed by atoms with Crippen molar-refractivity contribution in [1.29, 1.82) is 0 Å². The highest BCUT2D eigenvalue weighted by Crippen LogP contribution is 2.60. The summed E-state index contributed by atoms with van der Waals surface area (Å²) in [7, 11) is 0. The molecule has 5 rings (SSSR count). The van der Waals surface area contributed by atoms with Crippen LogP contribution < -0.4 is 10.1 Å². The highest BCUT2D eigenvalue weighted by atomic mass is 35.5. The third-order valence-corrected chi connectivity index (χ3v) is 6.84. The average molecular weight is 422 g/mol. The van der Waals surface area contributed by atoms with Crippen LogP contribution in [0.4, 0.5) is 0 Å². The number of fused-ring (bicyclic) bond motifs is 2. The number of rotatable bonds is 6. The number of nitrogens with zero attached hydrogens (tertiary/aromatic N) is 2. The molecule has 2 saturated carbocycles. The number of pyridine rings is 2. The van der Waals surface area contributed by atoms with Gasteiger partial charge in [-0.05, 0) is 73.4 Å². The fourth-order valence-electron chi connectivity index (χ4n) is 5.11. The fraction of sp³-hybridized carbons (Fsp3) is 0.375. The first-order valence-corrected chi connectivity index (χ1v) is 10.9. The summed E-state index contributed by atoms with van der Waals surface area (Å²) in [5.74, 6) is 2.63. The quantitative estimate of drug-likeness (QED) is 0.615. The van der Waals surface area contributed by atoms with Gasteiger partial charge in [0.15, 0.2) is 0 Å². The Morgan fingerprint density at radius 3 is 2.67 bits per heavy atom. The molecule has 1 aromatic carbocycles. The lowest BCUT2D eigenvalue weighted by Gasteiger charge is -2.22. The first-order chi connectivity index (χ1) is 14.6. The summed E-state index contributed by atoms with van der Waals surface area (Å²) >= 11 is 5.93. The van der Waals surface area contributed by atoms with Crippen molar-refractivity contribution in [3.63, 3.8) is 0 Å². The molecule has 0 spiro atoms. The van der Waals surface area contributed by atoms with Gasteiger partial charge in [-0.3, -0.25) is 14.8 Å². The second-order valence-corrected chi connectivity index (χ2v) is 8.75. The van der Waals surface area contributed by atoms with Gasteiger partial charge in [0.1, 0.15) is 5.75 Å². The predicted molar refractivity (Wildman–Crippen MR) is 117 cm³/mol.